The van der Waals surface area contributed by atoms with Crippen LogP contribution in [-0.4, -0.2) is 46.9 Å². The standard InChI is InChI=1S/C23H38N2O4/c1-7-9-18(19(27)12-14(2)26)24-21(28)20-17-11-8-10-16(17)13-25(20)22(29)15(3)23(4,5)6/h15-18,20H,7-13H2,1-6H3,(H,24,28)/t15-,16?,17+,18+,20-/m1/s1. The fourth-order valence-electron chi connectivity index (χ4n) is 4.72. The molecule has 1 saturated carbocycles. The minimum atomic E-state index is -0.658. The molecule has 1 aliphatic heterocycles. The highest BCUT2D eigenvalue weighted by Crippen LogP contribution is 2.43. The normalized spacial score (nSPS) is 26.0. The van der Waals surface area contributed by atoms with Gasteiger partial charge in [0.15, 0.2) is 5.78 Å². The summed E-state index contributed by atoms with van der Waals surface area (Å²) in [4.78, 5) is 52.2. The molecule has 0 aromatic carbocycles. The smallest absolute Gasteiger partial charge is 0.243 e. The zero-order chi connectivity index (χ0) is 21.9. The first kappa shape index (κ1) is 23.6. The van der Waals surface area contributed by atoms with Crippen LogP contribution in [0.5, 0.6) is 0 Å². The van der Waals surface area contributed by atoms with E-state index < -0.39 is 12.1 Å². The molecule has 2 fully saturated rings. The van der Waals surface area contributed by atoms with Crippen LogP contribution < -0.4 is 5.32 Å². The van der Waals surface area contributed by atoms with Crippen LogP contribution >= 0.6 is 0 Å². The van der Waals surface area contributed by atoms with Gasteiger partial charge in [0, 0.05) is 12.5 Å². The topological polar surface area (TPSA) is 83.6 Å². The molecule has 0 aromatic rings. The third kappa shape index (κ3) is 5.46. The van der Waals surface area contributed by atoms with Gasteiger partial charge in [-0.1, -0.05) is 47.5 Å². The molecule has 29 heavy (non-hydrogen) atoms. The number of nitrogens with one attached hydrogen (secondary N) is 1. The van der Waals surface area contributed by atoms with Gasteiger partial charge in [0.2, 0.25) is 11.8 Å². The Morgan fingerprint density at radius 3 is 2.34 bits per heavy atom. The Hall–Kier alpha value is -1.72. The highest BCUT2D eigenvalue weighted by molar-refractivity contribution is 6.02. The summed E-state index contributed by atoms with van der Waals surface area (Å²) >= 11 is 0. The first-order valence-electron chi connectivity index (χ1n) is 11.1. The lowest BCUT2D eigenvalue weighted by Gasteiger charge is -2.34. The third-order valence-corrected chi connectivity index (χ3v) is 6.82. The van der Waals surface area contributed by atoms with Crippen LogP contribution in [0.15, 0.2) is 0 Å². The van der Waals surface area contributed by atoms with E-state index in [2.05, 4.69) is 5.32 Å². The molecule has 164 valence electrons. The van der Waals surface area contributed by atoms with Gasteiger partial charge in [-0.3, -0.25) is 19.2 Å². The average molecular weight is 407 g/mol. The fraction of sp³-hybridized carbons (Fsp3) is 0.826. The minimum absolute atomic E-state index is 0.0224. The summed E-state index contributed by atoms with van der Waals surface area (Å²) in [7, 11) is 0. The third-order valence-electron chi connectivity index (χ3n) is 6.82. The maximum Gasteiger partial charge on any atom is 0.243 e. The van der Waals surface area contributed by atoms with Gasteiger partial charge in [0.05, 0.1) is 12.5 Å². The number of likely N-dealkylation sites (tertiary alicyclic amines) is 1. The van der Waals surface area contributed by atoms with Gasteiger partial charge in [0.1, 0.15) is 11.8 Å². The minimum Gasteiger partial charge on any atom is -0.344 e. The summed E-state index contributed by atoms with van der Waals surface area (Å²) in [6.45, 7) is 12.0. The van der Waals surface area contributed by atoms with E-state index in [9.17, 15) is 19.2 Å². The summed E-state index contributed by atoms with van der Waals surface area (Å²) in [5.41, 5.74) is -0.183. The first-order chi connectivity index (χ1) is 13.5. The Morgan fingerprint density at radius 2 is 1.79 bits per heavy atom. The van der Waals surface area contributed by atoms with E-state index in [-0.39, 0.29) is 47.1 Å². The molecule has 2 amide bonds. The monoisotopic (exact) mass is 406 g/mol. The average Bonchev–Trinajstić information content (AvgIpc) is 3.19. The van der Waals surface area contributed by atoms with Crippen LogP contribution in [0.1, 0.15) is 80.1 Å². The molecule has 0 radical (unpaired) electrons. The van der Waals surface area contributed by atoms with Gasteiger partial charge < -0.3 is 10.2 Å². The number of hydrogen-bond acceptors (Lipinski definition) is 4. The van der Waals surface area contributed by atoms with Crippen LogP contribution in [0.25, 0.3) is 0 Å². The molecule has 2 aliphatic rings. The van der Waals surface area contributed by atoms with Crippen molar-refractivity contribution in [1.82, 2.24) is 10.2 Å². The molecule has 1 saturated heterocycles. The maximum atomic E-state index is 13.3. The SMILES string of the molecule is CCC[C@H](NC(=O)[C@H]1[C@H]2CCCC2CN1C(=O)[C@@H](C)C(C)(C)C)C(=O)CC(C)=O. The number of Topliss-reactive ketones (excluding diaryl/α,β-unsaturated/α-hetero) is 2. The van der Waals surface area contributed by atoms with E-state index in [1.54, 1.807) is 4.90 Å². The van der Waals surface area contributed by atoms with Crippen LogP contribution in [0.2, 0.25) is 0 Å². The molecule has 6 nitrogen and oxygen atoms in total. The maximum absolute atomic E-state index is 13.3. The molecule has 0 aromatic heterocycles. The van der Waals surface area contributed by atoms with Crippen LogP contribution in [0, 0.1) is 23.2 Å². The number of rotatable bonds is 8. The Morgan fingerprint density at radius 1 is 1.14 bits per heavy atom. The highest BCUT2D eigenvalue weighted by atomic mass is 16.2. The zero-order valence-electron chi connectivity index (χ0n) is 18.9. The molecular weight excluding hydrogens is 368 g/mol. The Balaban J connectivity index is 2.21. The van der Waals surface area contributed by atoms with Crippen molar-refractivity contribution < 1.29 is 19.2 Å². The molecule has 6 heteroatoms. The van der Waals surface area contributed by atoms with Gasteiger partial charge in [-0.25, -0.2) is 0 Å². The molecule has 2 rings (SSSR count). The van der Waals surface area contributed by atoms with Gasteiger partial charge >= 0.3 is 0 Å². The second kappa shape index (κ2) is 9.40. The lowest BCUT2D eigenvalue weighted by atomic mass is 9.81. The number of hydrogen-bond donors (Lipinski definition) is 1. The van der Waals surface area contributed by atoms with E-state index in [1.165, 1.54) is 6.92 Å². The van der Waals surface area contributed by atoms with Gasteiger partial charge in [-0.15, -0.1) is 0 Å². The zero-order valence-corrected chi connectivity index (χ0v) is 18.9. The predicted molar refractivity (Wildman–Crippen MR) is 112 cm³/mol. The van der Waals surface area contributed by atoms with Gasteiger partial charge in [-0.05, 0) is 43.4 Å². The van der Waals surface area contributed by atoms with Crippen molar-refractivity contribution in [2.45, 2.75) is 92.2 Å². The Bertz CT molecular complexity index is 652. The lowest BCUT2D eigenvalue weighted by molar-refractivity contribution is -0.145. The lowest BCUT2D eigenvalue weighted by Crippen LogP contribution is -2.54. The molecule has 0 spiro atoms. The van der Waals surface area contributed by atoms with Crippen LogP contribution in [0.3, 0.4) is 0 Å². The van der Waals surface area contributed by atoms with Crippen molar-refractivity contribution in [2.24, 2.45) is 23.2 Å². The molecule has 1 unspecified atom stereocenters. The van der Waals surface area contributed by atoms with Crippen molar-refractivity contribution in [3.8, 4) is 0 Å². The van der Waals surface area contributed by atoms with Crippen molar-refractivity contribution in [2.75, 3.05) is 6.54 Å². The van der Waals surface area contributed by atoms with E-state index in [0.29, 0.717) is 18.9 Å². The number of carbonyl (C=O) groups excluding carboxylic acids is 4. The predicted octanol–water partition coefficient (Wildman–Crippen LogP) is 3.13. The second-order valence-corrected chi connectivity index (χ2v) is 10.1. The van der Waals surface area contributed by atoms with E-state index in [1.807, 2.05) is 34.6 Å². The Labute approximate surface area is 175 Å². The molecule has 1 aliphatic carbocycles. The second-order valence-electron chi connectivity index (χ2n) is 10.1. The van der Waals surface area contributed by atoms with Gasteiger partial charge in [-0.2, -0.15) is 0 Å². The van der Waals surface area contributed by atoms with Crippen molar-refractivity contribution in [3.63, 3.8) is 0 Å². The van der Waals surface area contributed by atoms with Crippen molar-refractivity contribution in [1.29, 1.82) is 0 Å². The number of ketones is 2. The van der Waals surface area contributed by atoms with Crippen molar-refractivity contribution in [3.05, 3.63) is 0 Å². The quantitative estimate of drug-likeness (QED) is 0.628. The summed E-state index contributed by atoms with van der Waals surface area (Å²) < 4.78 is 0. The molecule has 5 atom stereocenters. The fourth-order valence-corrected chi connectivity index (χ4v) is 4.72. The van der Waals surface area contributed by atoms with Gasteiger partial charge in [0.25, 0.3) is 0 Å². The van der Waals surface area contributed by atoms with E-state index in [4.69, 9.17) is 0 Å². The Kier molecular flexibility index (Phi) is 7.63. The van der Waals surface area contributed by atoms with E-state index >= 15 is 0 Å². The first-order valence-corrected chi connectivity index (χ1v) is 11.1. The molecule has 1 N–H and O–H groups in total. The number of amides is 2. The van der Waals surface area contributed by atoms with E-state index in [0.717, 1.165) is 25.7 Å². The highest BCUT2D eigenvalue weighted by Gasteiger charge is 2.51. The van der Waals surface area contributed by atoms with Crippen molar-refractivity contribution >= 4 is 23.4 Å². The largest absolute Gasteiger partial charge is 0.344 e. The molecule has 1 heterocycles. The molecular formula is C23H38N2O4. The van der Waals surface area contributed by atoms with Crippen LogP contribution in [-0.2, 0) is 19.2 Å². The summed E-state index contributed by atoms with van der Waals surface area (Å²) in [6.07, 6.45) is 4.14. The van der Waals surface area contributed by atoms with Crippen LogP contribution in [0.4, 0.5) is 0 Å². The summed E-state index contributed by atoms with van der Waals surface area (Å²) in [5, 5.41) is 2.91. The number of carbonyl (C=O) groups is 4. The number of nitrogens with zero attached hydrogens (tertiary/aromatic N) is 1. The molecule has 0 bridgehead atoms. The summed E-state index contributed by atoms with van der Waals surface area (Å²) in [5.74, 6) is -0.316. The summed E-state index contributed by atoms with van der Waals surface area (Å²) in [6, 6.07) is -1.17. The number of fused-ring (bicyclic) bond motifs is 1.